The maximum absolute atomic E-state index is 12.1. The van der Waals surface area contributed by atoms with E-state index in [1.54, 1.807) is 30.3 Å². The number of methoxy groups -OCH3 is 1. The predicted octanol–water partition coefficient (Wildman–Crippen LogP) is 2.48. The molecule has 2 amide bonds. The lowest BCUT2D eigenvalue weighted by Gasteiger charge is -2.12. The lowest BCUT2D eigenvalue weighted by atomic mass is 10.2. The van der Waals surface area contributed by atoms with Crippen LogP contribution in [0.1, 0.15) is 15.9 Å². The second kappa shape index (κ2) is 9.89. The number of nitrogens with one attached hydrogen (secondary N) is 3. The number of ether oxygens (including phenoxy) is 2. The topological polar surface area (TPSA) is 88.7 Å². The second-order valence-electron chi connectivity index (χ2n) is 5.41. The van der Waals surface area contributed by atoms with Gasteiger partial charge in [-0.3, -0.25) is 25.8 Å². The van der Waals surface area contributed by atoms with E-state index in [-0.39, 0.29) is 11.7 Å². The van der Waals surface area contributed by atoms with Gasteiger partial charge in [0.2, 0.25) is 0 Å². The minimum atomic E-state index is -0.455. The quantitative estimate of drug-likeness (QED) is 0.477. The summed E-state index contributed by atoms with van der Waals surface area (Å²) in [6.07, 6.45) is 0. The van der Waals surface area contributed by atoms with Crippen LogP contribution in [0.15, 0.2) is 46.9 Å². The fourth-order valence-electron chi connectivity index (χ4n) is 1.98. The van der Waals surface area contributed by atoms with Gasteiger partial charge in [0.25, 0.3) is 11.8 Å². The fraction of sp³-hybridized carbons (Fsp3) is 0.167. The van der Waals surface area contributed by atoms with Crippen molar-refractivity contribution < 1.29 is 19.1 Å². The Hall–Kier alpha value is -2.65. The number of carbonyl (C=O) groups is 2. The van der Waals surface area contributed by atoms with Crippen LogP contribution in [0.2, 0.25) is 0 Å². The smallest absolute Gasteiger partial charge is 0.276 e. The summed E-state index contributed by atoms with van der Waals surface area (Å²) in [5.74, 6) is 0.318. The molecule has 0 saturated heterocycles. The monoisotopic (exact) mass is 451 g/mol. The van der Waals surface area contributed by atoms with Crippen molar-refractivity contribution in [3.8, 4) is 11.5 Å². The van der Waals surface area contributed by atoms with Crippen LogP contribution in [0.5, 0.6) is 11.5 Å². The Bertz CT molecular complexity index is 843. The van der Waals surface area contributed by atoms with Gasteiger partial charge in [-0.2, -0.15) is 0 Å². The summed E-state index contributed by atoms with van der Waals surface area (Å²) in [5.41, 5.74) is 6.27. The lowest BCUT2D eigenvalue weighted by molar-refractivity contribution is -0.123. The van der Waals surface area contributed by atoms with E-state index in [2.05, 4.69) is 32.1 Å². The van der Waals surface area contributed by atoms with E-state index in [0.29, 0.717) is 17.1 Å². The molecule has 0 aliphatic carbocycles. The summed E-state index contributed by atoms with van der Waals surface area (Å²) in [6, 6.07) is 12.0. The van der Waals surface area contributed by atoms with Gasteiger partial charge < -0.3 is 9.47 Å². The van der Waals surface area contributed by atoms with Gasteiger partial charge in [0.1, 0.15) is 11.5 Å². The third-order valence-electron chi connectivity index (χ3n) is 3.34. The van der Waals surface area contributed by atoms with E-state index >= 15 is 0 Å². The van der Waals surface area contributed by atoms with Crippen molar-refractivity contribution in [3.05, 3.63) is 58.1 Å². The lowest BCUT2D eigenvalue weighted by Crippen LogP contribution is -2.49. The predicted molar refractivity (Wildman–Crippen MR) is 109 cm³/mol. The van der Waals surface area contributed by atoms with Crippen LogP contribution in [0, 0.1) is 6.92 Å². The molecule has 3 N–H and O–H groups in total. The molecule has 0 spiro atoms. The molecule has 7 nitrogen and oxygen atoms in total. The minimum Gasteiger partial charge on any atom is -0.497 e. The summed E-state index contributed by atoms with van der Waals surface area (Å²) in [7, 11) is 1.54. The van der Waals surface area contributed by atoms with Crippen LogP contribution < -0.4 is 25.6 Å². The minimum absolute atomic E-state index is 0.0410. The summed E-state index contributed by atoms with van der Waals surface area (Å²) in [5, 5.41) is 2.41. The van der Waals surface area contributed by atoms with Crippen LogP contribution in [0.3, 0.4) is 0 Å². The molecular weight excluding hydrogens is 434 g/mol. The number of thiocarbonyl (C=S) groups is 1. The van der Waals surface area contributed by atoms with Gasteiger partial charge >= 0.3 is 0 Å². The second-order valence-corrected chi connectivity index (χ2v) is 6.67. The van der Waals surface area contributed by atoms with Gasteiger partial charge in [0.05, 0.1) is 11.6 Å². The number of amides is 2. The molecule has 2 aromatic carbocycles. The average Bonchev–Trinajstić information content (AvgIpc) is 2.65. The Labute approximate surface area is 170 Å². The maximum atomic E-state index is 12.1. The molecule has 0 heterocycles. The summed E-state index contributed by atoms with van der Waals surface area (Å²) in [4.78, 5) is 23.9. The third kappa shape index (κ3) is 6.54. The number of halogens is 1. The normalized spacial score (nSPS) is 9.89. The Balaban J connectivity index is 1.75. The molecule has 2 aromatic rings. The molecule has 0 unspecified atom stereocenters. The van der Waals surface area contributed by atoms with Gasteiger partial charge in [-0.15, -0.1) is 0 Å². The number of hydrazine groups is 1. The molecule has 142 valence electrons. The number of carbonyl (C=O) groups excluding carboxylic acids is 2. The third-order valence-corrected chi connectivity index (χ3v) is 4.16. The number of rotatable bonds is 5. The molecule has 0 radical (unpaired) electrons. The Morgan fingerprint density at radius 1 is 1.11 bits per heavy atom. The highest BCUT2D eigenvalue weighted by molar-refractivity contribution is 9.10. The van der Waals surface area contributed by atoms with Crippen LogP contribution in [0.4, 0.5) is 0 Å². The number of hydrogen-bond acceptors (Lipinski definition) is 5. The summed E-state index contributed by atoms with van der Waals surface area (Å²) < 4.78 is 11.2. The highest BCUT2D eigenvalue weighted by atomic mass is 79.9. The van der Waals surface area contributed by atoms with Crippen LogP contribution in [-0.4, -0.2) is 30.6 Å². The van der Waals surface area contributed by atoms with Crippen molar-refractivity contribution in [1.82, 2.24) is 16.2 Å². The van der Waals surface area contributed by atoms with Crippen LogP contribution >= 0.6 is 28.1 Å². The van der Waals surface area contributed by atoms with E-state index in [9.17, 15) is 9.59 Å². The van der Waals surface area contributed by atoms with Gasteiger partial charge in [0, 0.05) is 5.56 Å². The highest BCUT2D eigenvalue weighted by Crippen LogP contribution is 2.25. The summed E-state index contributed by atoms with van der Waals surface area (Å²) in [6.45, 7) is 1.73. The van der Waals surface area contributed by atoms with Crippen molar-refractivity contribution in [1.29, 1.82) is 0 Å². The molecular formula is C18H18BrN3O4S. The number of aryl methyl sites for hydroxylation is 1. The molecule has 0 saturated carbocycles. The van der Waals surface area contributed by atoms with Gasteiger partial charge in [-0.25, -0.2) is 0 Å². The molecule has 0 aliphatic rings. The van der Waals surface area contributed by atoms with E-state index in [1.165, 1.54) is 7.11 Å². The maximum Gasteiger partial charge on any atom is 0.276 e. The first-order valence-electron chi connectivity index (χ1n) is 7.82. The molecule has 0 aliphatic heterocycles. The van der Waals surface area contributed by atoms with E-state index in [0.717, 1.165) is 10.0 Å². The van der Waals surface area contributed by atoms with E-state index in [1.807, 2.05) is 19.1 Å². The van der Waals surface area contributed by atoms with Crippen LogP contribution in [-0.2, 0) is 4.79 Å². The molecule has 2 rings (SSSR count). The van der Waals surface area contributed by atoms with Crippen molar-refractivity contribution in [2.45, 2.75) is 6.92 Å². The molecule has 9 heteroatoms. The number of benzene rings is 2. The van der Waals surface area contributed by atoms with E-state index < -0.39 is 11.8 Å². The first kappa shape index (κ1) is 20.7. The zero-order chi connectivity index (χ0) is 19.8. The average molecular weight is 452 g/mol. The SMILES string of the molecule is COc1ccc(C(=O)NC(=S)NNC(=O)COc2ccc(C)cc2Br)cc1. The van der Waals surface area contributed by atoms with Crippen LogP contribution in [0.25, 0.3) is 0 Å². The molecule has 27 heavy (non-hydrogen) atoms. The van der Waals surface area contributed by atoms with Crippen molar-refractivity contribution >= 4 is 45.1 Å². The molecule has 0 fully saturated rings. The van der Waals surface area contributed by atoms with Gasteiger partial charge in [0.15, 0.2) is 11.7 Å². The van der Waals surface area contributed by atoms with Crippen molar-refractivity contribution in [3.63, 3.8) is 0 Å². The van der Waals surface area contributed by atoms with Crippen molar-refractivity contribution in [2.24, 2.45) is 0 Å². The summed E-state index contributed by atoms with van der Waals surface area (Å²) >= 11 is 8.35. The Kier molecular flexibility index (Phi) is 7.56. The van der Waals surface area contributed by atoms with Gasteiger partial charge in [-0.1, -0.05) is 6.07 Å². The molecule has 0 aromatic heterocycles. The fourth-order valence-corrected chi connectivity index (χ4v) is 2.73. The highest BCUT2D eigenvalue weighted by Gasteiger charge is 2.10. The Morgan fingerprint density at radius 3 is 2.44 bits per heavy atom. The first-order chi connectivity index (χ1) is 12.9. The first-order valence-corrected chi connectivity index (χ1v) is 9.02. The largest absolute Gasteiger partial charge is 0.497 e. The van der Waals surface area contributed by atoms with Crippen molar-refractivity contribution in [2.75, 3.05) is 13.7 Å². The van der Waals surface area contributed by atoms with Gasteiger partial charge in [-0.05, 0) is 77.0 Å². The number of hydrogen-bond donors (Lipinski definition) is 3. The van der Waals surface area contributed by atoms with E-state index in [4.69, 9.17) is 21.7 Å². The zero-order valence-corrected chi connectivity index (χ0v) is 17.1. The Morgan fingerprint density at radius 2 is 1.81 bits per heavy atom. The molecule has 0 atom stereocenters. The standard InChI is InChI=1S/C18H18BrN3O4S/c1-11-3-8-15(14(19)9-11)26-10-16(23)21-22-18(27)20-17(24)12-4-6-13(25-2)7-5-12/h3-9H,10H2,1-2H3,(H,21,23)(H2,20,22,24,27). The molecule has 0 bridgehead atoms. The zero-order valence-electron chi connectivity index (χ0n) is 14.7.